The molecular formula is C27H26ClN5O2. The second-order valence-electron chi connectivity index (χ2n) is 7.97. The van der Waals surface area contributed by atoms with E-state index in [1.165, 1.54) is 4.57 Å². The van der Waals surface area contributed by atoms with Crippen molar-refractivity contribution in [2.24, 2.45) is 0 Å². The molecule has 0 aliphatic rings. The van der Waals surface area contributed by atoms with Crippen molar-refractivity contribution in [1.29, 1.82) is 0 Å². The van der Waals surface area contributed by atoms with Crippen molar-refractivity contribution in [2.45, 2.75) is 19.4 Å². The van der Waals surface area contributed by atoms with E-state index in [-0.39, 0.29) is 23.4 Å². The fourth-order valence-electron chi connectivity index (χ4n) is 3.74. The average Bonchev–Trinajstić information content (AvgIpc) is 2.88. The van der Waals surface area contributed by atoms with Crippen LogP contribution in [0.15, 0.2) is 90.0 Å². The molecule has 0 unspecified atom stereocenters. The highest BCUT2D eigenvalue weighted by molar-refractivity contribution is 6.32. The summed E-state index contributed by atoms with van der Waals surface area (Å²) in [4.78, 5) is 34.5. The number of halogens is 1. The molecule has 2 heterocycles. The van der Waals surface area contributed by atoms with E-state index in [1.54, 1.807) is 12.4 Å². The van der Waals surface area contributed by atoms with Gasteiger partial charge in [0, 0.05) is 31.0 Å². The van der Waals surface area contributed by atoms with Crippen LogP contribution in [0.1, 0.15) is 11.1 Å². The molecule has 2 aromatic carbocycles. The molecule has 0 radical (unpaired) electrons. The first-order valence-corrected chi connectivity index (χ1v) is 11.8. The molecular weight excluding hydrogens is 462 g/mol. The van der Waals surface area contributed by atoms with Crippen LogP contribution >= 0.6 is 11.6 Å². The van der Waals surface area contributed by atoms with E-state index in [0.29, 0.717) is 30.8 Å². The van der Waals surface area contributed by atoms with Crippen molar-refractivity contribution >= 4 is 23.3 Å². The molecule has 0 bridgehead atoms. The third-order valence-electron chi connectivity index (χ3n) is 5.51. The van der Waals surface area contributed by atoms with E-state index < -0.39 is 5.56 Å². The predicted octanol–water partition coefficient (Wildman–Crippen LogP) is 3.97. The van der Waals surface area contributed by atoms with Crippen LogP contribution < -0.4 is 16.2 Å². The van der Waals surface area contributed by atoms with E-state index in [0.717, 1.165) is 17.5 Å². The predicted molar refractivity (Wildman–Crippen MR) is 139 cm³/mol. The van der Waals surface area contributed by atoms with E-state index >= 15 is 0 Å². The minimum atomic E-state index is -0.398. The number of benzene rings is 2. The summed E-state index contributed by atoms with van der Waals surface area (Å²) >= 11 is 6.56. The summed E-state index contributed by atoms with van der Waals surface area (Å²) in [5, 5.41) is 6.13. The van der Waals surface area contributed by atoms with Gasteiger partial charge >= 0.3 is 0 Å². The lowest BCUT2D eigenvalue weighted by Gasteiger charge is -2.16. The number of rotatable bonds is 10. The van der Waals surface area contributed by atoms with Crippen LogP contribution in [0.2, 0.25) is 5.15 Å². The first-order chi connectivity index (χ1) is 17.1. The molecule has 0 aliphatic carbocycles. The maximum atomic E-state index is 13.4. The van der Waals surface area contributed by atoms with E-state index in [4.69, 9.17) is 11.6 Å². The Morgan fingerprint density at radius 2 is 1.49 bits per heavy atom. The zero-order valence-corrected chi connectivity index (χ0v) is 19.9. The second-order valence-corrected chi connectivity index (χ2v) is 8.33. The van der Waals surface area contributed by atoms with Crippen molar-refractivity contribution < 1.29 is 4.79 Å². The summed E-state index contributed by atoms with van der Waals surface area (Å²) in [6, 6.07) is 23.0. The van der Waals surface area contributed by atoms with E-state index in [9.17, 15) is 9.59 Å². The van der Waals surface area contributed by atoms with Crippen LogP contribution in [0.5, 0.6) is 0 Å². The van der Waals surface area contributed by atoms with Crippen LogP contribution in [0.25, 0.3) is 11.3 Å². The van der Waals surface area contributed by atoms with Gasteiger partial charge in [0.25, 0.3) is 5.56 Å². The lowest BCUT2D eigenvalue weighted by molar-refractivity contribution is -0.121. The molecule has 0 spiro atoms. The molecule has 7 nitrogen and oxygen atoms in total. The molecule has 0 fully saturated rings. The summed E-state index contributed by atoms with van der Waals surface area (Å²) in [5.41, 5.74) is 2.93. The largest absolute Gasteiger partial charge is 0.365 e. The summed E-state index contributed by atoms with van der Waals surface area (Å²) in [6.45, 7) is 0.777. The highest BCUT2D eigenvalue weighted by Gasteiger charge is 2.19. The van der Waals surface area contributed by atoms with Gasteiger partial charge in [-0.1, -0.05) is 72.3 Å². The van der Waals surface area contributed by atoms with Gasteiger partial charge in [-0.25, -0.2) is 4.98 Å². The lowest BCUT2D eigenvalue weighted by Crippen LogP contribution is -2.35. The molecule has 2 N–H and O–H groups in total. The van der Waals surface area contributed by atoms with Crippen molar-refractivity contribution in [3.8, 4) is 11.3 Å². The highest BCUT2D eigenvalue weighted by atomic mass is 35.5. The van der Waals surface area contributed by atoms with Crippen molar-refractivity contribution in [3.05, 3.63) is 112 Å². The first-order valence-electron chi connectivity index (χ1n) is 11.4. The van der Waals surface area contributed by atoms with Gasteiger partial charge in [0.1, 0.15) is 6.54 Å². The van der Waals surface area contributed by atoms with E-state index in [1.807, 2.05) is 72.8 Å². The maximum Gasteiger partial charge on any atom is 0.294 e. The van der Waals surface area contributed by atoms with Gasteiger partial charge in [-0.05, 0) is 36.1 Å². The zero-order valence-electron chi connectivity index (χ0n) is 19.2. The summed E-state index contributed by atoms with van der Waals surface area (Å²) in [6.07, 6.45) is 4.82. The SMILES string of the molecule is O=C(Cn1c(-c2ccccc2)c(Cl)nc(NCCc2ccccc2)c1=O)NCCc1ccncc1. The number of hydrogen-bond acceptors (Lipinski definition) is 5. The van der Waals surface area contributed by atoms with Crippen LogP contribution in [0.3, 0.4) is 0 Å². The standard InChI is InChI=1S/C27H26ClN5O2/c28-25-24(22-9-5-2-6-10-22)33(19-23(34)30-17-13-21-11-15-29-16-12-21)27(35)26(32-25)31-18-14-20-7-3-1-4-8-20/h1-12,15-16H,13-14,17-19H2,(H,30,34)(H,31,32). The Kier molecular flexibility index (Phi) is 8.25. The molecule has 0 saturated carbocycles. The number of nitrogens with one attached hydrogen (secondary N) is 2. The van der Waals surface area contributed by atoms with Gasteiger partial charge in [-0.2, -0.15) is 0 Å². The number of aromatic nitrogens is 3. The number of carbonyl (C=O) groups excluding carboxylic acids is 1. The molecule has 8 heteroatoms. The number of nitrogens with zero attached hydrogens (tertiary/aromatic N) is 3. The number of hydrogen-bond donors (Lipinski definition) is 2. The lowest BCUT2D eigenvalue weighted by atomic mass is 10.1. The second kappa shape index (κ2) is 11.9. The van der Waals surface area contributed by atoms with Crippen LogP contribution in [-0.2, 0) is 24.2 Å². The Balaban J connectivity index is 1.53. The topological polar surface area (TPSA) is 88.9 Å². The number of carbonyl (C=O) groups is 1. The highest BCUT2D eigenvalue weighted by Crippen LogP contribution is 2.26. The van der Waals surface area contributed by atoms with Gasteiger partial charge < -0.3 is 10.6 Å². The van der Waals surface area contributed by atoms with Gasteiger partial charge in [0.05, 0.1) is 5.69 Å². The number of pyridine rings is 1. The van der Waals surface area contributed by atoms with Gasteiger partial charge in [0.2, 0.25) is 5.91 Å². The number of anilines is 1. The molecule has 0 saturated heterocycles. The third-order valence-corrected chi connectivity index (χ3v) is 5.77. The molecule has 4 aromatic rings. The fourth-order valence-corrected chi connectivity index (χ4v) is 4.04. The Hall–Kier alpha value is -3.97. The van der Waals surface area contributed by atoms with Gasteiger partial charge in [-0.15, -0.1) is 0 Å². The first kappa shape index (κ1) is 24.2. The van der Waals surface area contributed by atoms with Gasteiger partial charge in [0.15, 0.2) is 11.0 Å². The Morgan fingerprint density at radius 3 is 2.20 bits per heavy atom. The summed E-state index contributed by atoms with van der Waals surface area (Å²) in [5.74, 6) is -0.161. The molecule has 0 atom stereocenters. The van der Waals surface area contributed by atoms with Crippen molar-refractivity contribution in [2.75, 3.05) is 18.4 Å². The van der Waals surface area contributed by atoms with Crippen LogP contribution in [0, 0.1) is 0 Å². The Labute approximate surface area is 208 Å². The summed E-state index contributed by atoms with van der Waals surface area (Å²) in [7, 11) is 0. The number of amides is 1. The van der Waals surface area contributed by atoms with E-state index in [2.05, 4.69) is 20.6 Å². The average molecular weight is 488 g/mol. The monoisotopic (exact) mass is 487 g/mol. The summed E-state index contributed by atoms with van der Waals surface area (Å²) < 4.78 is 1.39. The minimum absolute atomic E-state index is 0.121. The zero-order chi connectivity index (χ0) is 24.5. The van der Waals surface area contributed by atoms with Crippen molar-refractivity contribution in [1.82, 2.24) is 19.9 Å². The minimum Gasteiger partial charge on any atom is -0.365 e. The third kappa shape index (κ3) is 6.55. The Bertz CT molecular complexity index is 1310. The normalized spacial score (nSPS) is 10.7. The molecule has 178 valence electrons. The molecule has 35 heavy (non-hydrogen) atoms. The molecule has 2 aromatic heterocycles. The fraction of sp³-hybridized carbons (Fsp3) is 0.185. The maximum absolute atomic E-state index is 13.4. The van der Waals surface area contributed by atoms with Crippen LogP contribution in [-0.4, -0.2) is 33.5 Å². The smallest absolute Gasteiger partial charge is 0.294 e. The molecule has 1 amide bonds. The van der Waals surface area contributed by atoms with Gasteiger partial charge in [-0.3, -0.25) is 19.1 Å². The van der Waals surface area contributed by atoms with Crippen LogP contribution in [0.4, 0.5) is 5.82 Å². The Morgan fingerprint density at radius 1 is 0.857 bits per heavy atom. The quantitative estimate of drug-likeness (QED) is 0.353. The molecule has 0 aliphatic heterocycles. The van der Waals surface area contributed by atoms with Crippen molar-refractivity contribution in [3.63, 3.8) is 0 Å². The molecule has 4 rings (SSSR count).